The fourth-order valence-electron chi connectivity index (χ4n) is 1.83. The van der Waals surface area contributed by atoms with Gasteiger partial charge in [0.05, 0.1) is 13.7 Å². The van der Waals surface area contributed by atoms with Gasteiger partial charge in [-0.3, -0.25) is 0 Å². The number of methoxy groups -OCH3 is 1. The monoisotopic (exact) mass is 283 g/mol. The molecule has 0 bridgehead atoms. The largest absolute Gasteiger partial charge is 0.493 e. The fourth-order valence-corrected chi connectivity index (χ4v) is 2.32. The van der Waals surface area contributed by atoms with Crippen LogP contribution in [-0.4, -0.2) is 32.3 Å². The van der Waals surface area contributed by atoms with Crippen molar-refractivity contribution in [2.45, 2.75) is 26.3 Å². The summed E-state index contributed by atoms with van der Waals surface area (Å²) in [6, 6.07) is 6.10. The van der Waals surface area contributed by atoms with Crippen molar-refractivity contribution in [2.24, 2.45) is 0 Å². The Morgan fingerprint density at radius 1 is 1.21 bits per heavy atom. The average Bonchev–Trinajstić information content (AvgIpc) is 2.43. The summed E-state index contributed by atoms with van der Waals surface area (Å²) >= 11 is 1.91. The molecule has 4 heteroatoms. The second-order valence-corrected chi connectivity index (χ2v) is 5.28. The van der Waals surface area contributed by atoms with E-state index in [1.54, 1.807) is 7.11 Å². The molecule has 0 aliphatic carbocycles. The first-order valence-corrected chi connectivity index (χ1v) is 8.20. The minimum absolute atomic E-state index is 0.655. The van der Waals surface area contributed by atoms with E-state index in [1.165, 1.54) is 24.2 Å². The number of ether oxygens (including phenoxy) is 2. The van der Waals surface area contributed by atoms with E-state index in [-0.39, 0.29) is 0 Å². The van der Waals surface area contributed by atoms with Crippen molar-refractivity contribution < 1.29 is 9.47 Å². The van der Waals surface area contributed by atoms with Crippen LogP contribution in [0.15, 0.2) is 18.2 Å². The van der Waals surface area contributed by atoms with Crippen LogP contribution in [0.25, 0.3) is 0 Å². The lowest BCUT2D eigenvalue weighted by molar-refractivity contribution is 0.310. The van der Waals surface area contributed by atoms with Crippen LogP contribution in [0.3, 0.4) is 0 Å². The molecule has 0 heterocycles. The number of rotatable bonds is 10. The molecule has 0 unspecified atom stereocenters. The third kappa shape index (κ3) is 6.21. The Balaban J connectivity index is 2.39. The van der Waals surface area contributed by atoms with Crippen molar-refractivity contribution in [3.63, 3.8) is 0 Å². The van der Waals surface area contributed by atoms with Crippen LogP contribution in [0.1, 0.15) is 25.3 Å². The van der Waals surface area contributed by atoms with Gasteiger partial charge in [-0.2, -0.15) is 11.8 Å². The first kappa shape index (κ1) is 16.2. The van der Waals surface area contributed by atoms with Crippen LogP contribution >= 0.6 is 11.8 Å². The van der Waals surface area contributed by atoms with E-state index in [0.29, 0.717) is 6.61 Å². The number of thioether (sulfide) groups is 1. The second-order valence-electron chi connectivity index (χ2n) is 4.29. The van der Waals surface area contributed by atoms with E-state index in [2.05, 4.69) is 23.7 Å². The molecule has 0 radical (unpaired) electrons. The van der Waals surface area contributed by atoms with Crippen LogP contribution < -0.4 is 14.8 Å². The fraction of sp³-hybridized carbons (Fsp3) is 0.600. The smallest absolute Gasteiger partial charge is 0.161 e. The highest BCUT2D eigenvalue weighted by Gasteiger charge is 2.04. The number of hydrogen-bond acceptors (Lipinski definition) is 4. The molecule has 0 fully saturated rings. The first-order chi connectivity index (χ1) is 9.31. The third-order valence-corrected chi connectivity index (χ3v) is 3.51. The minimum Gasteiger partial charge on any atom is -0.493 e. The predicted molar refractivity (Wildman–Crippen MR) is 83.5 cm³/mol. The lowest BCUT2D eigenvalue weighted by atomic mass is 10.2. The van der Waals surface area contributed by atoms with E-state index in [1.807, 2.05) is 24.8 Å². The summed E-state index contributed by atoms with van der Waals surface area (Å²) in [4.78, 5) is 0. The van der Waals surface area contributed by atoms with Crippen LogP contribution in [-0.2, 0) is 6.54 Å². The highest BCUT2D eigenvalue weighted by molar-refractivity contribution is 7.98. The van der Waals surface area contributed by atoms with Crippen molar-refractivity contribution in [3.05, 3.63) is 23.8 Å². The molecule has 0 aliphatic rings. The van der Waals surface area contributed by atoms with Crippen molar-refractivity contribution >= 4 is 11.8 Å². The lowest BCUT2D eigenvalue weighted by Gasteiger charge is -2.11. The SMILES string of the molecule is CCOc1cc(CNCCCCSC)ccc1OC. The third-order valence-electron chi connectivity index (χ3n) is 2.81. The van der Waals surface area contributed by atoms with Crippen molar-refractivity contribution in [1.82, 2.24) is 5.32 Å². The summed E-state index contributed by atoms with van der Waals surface area (Å²) in [6.45, 7) is 4.58. The first-order valence-electron chi connectivity index (χ1n) is 6.81. The van der Waals surface area contributed by atoms with E-state index in [4.69, 9.17) is 9.47 Å². The maximum absolute atomic E-state index is 5.57. The number of unbranched alkanes of at least 4 members (excludes halogenated alkanes) is 1. The van der Waals surface area contributed by atoms with E-state index >= 15 is 0 Å². The normalized spacial score (nSPS) is 10.5. The Bertz CT molecular complexity index is 358. The summed E-state index contributed by atoms with van der Waals surface area (Å²) in [5.41, 5.74) is 1.23. The van der Waals surface area contributed by atoms with Gasteiger partial charge < -0.3 is 14.8 Å². The van der Waals surface area contributed by atoms with E-state index in [9.17, 15) is 0 Å². The summed E-state index contributed by atoms with van der Waals surface area (Å²) in [7, 11) is 1.67. The summed E-state index contributed by atoms with van der Waals surface area (Å²) < 4.78 is 10.8. The molecule has 1 rings (SSSR count). The quantitative estimate of drug-likeness (QED) is 0.667. The maximum atomic E-state index is 5.57. The van der Waals surface area contributed by atoms with Gasteiger partial charge in [0, 0.05) is 6.54 Å². The highest BCUT2D eigenvalue weighted by atomic mass is 32.2. The average molecular weight is 283 g/mol. The maximum Gasteiger partial charge on any atom is 0.161 e. The molecule has 1 N–H and O–H groups in total. The standard InChI is InChI=1S/C15H25NO2S/c1-4-18-15-11-13(7-8-14(15)17-2)12-16-9-5-6-10-19-3/h7-8,11,16H,4-6,9-10,12H2,1-3H3. The molecule has 0 amide bonds. The molecule has 108 valence electrons. The zero-order chi connectivity index (χ0) is 13.9. The Morgan fingerprint density at radius 2 is 2.05 bits per heavy atom. The zero-order valence-corrected chi connectivity index (χ0v) is 13.0. The molecule has 0 saturated carbocycles. The molecule has 19 heavy (non-hydrogen) atoms. The molecular weight excluding hydrogens is 258 g/mol. The Hall–Kier alpha value is -0.870. The van der Waals surface area contributed by atoms with Gasteiger partial charge in [0.25, 0.3) is 0 Å². The van der Waals surface area contributed by atoms with Gasteiger partial charge in [0.1, 0.15) is 0 Å². The molecule has 1 aromatic carbocycles. The van der Waals surface area contributed by atoms with E-state index in [0.717, 1.165) is 24.6 Å². The topological polar surface area (TPSA) is 30.5 Å². The molecule has 1 aromatic rings. The molecular formula is C15H25NO2S. The van der Waals surface area contributed by atoms with Crippen molar-refractivity contribution in [3.8, 4) is 11.5 Å². The Kier molecular flexibility index (Phi) is 8.50. The molecule has 0 spiro atoms. The second kappa shape index (κ2) is 9.98. The van der Waals surface area contributed by atoms with Gasteiger partial charge >= 0.3 is 0 Å². The highest BCUT2D eigenvalue weighted by Crippen LogP contribution is 2.27. The molecule has 0 aliphatic heterocycles. The minimum atomic E-state index is 0.655. The Labute approximate surface area is 121 Å². The van der Waals surface area contributed by atoms with Crippen LogP contribution in [0, 0.1) is 0 Å². The number of nitrogens with one attached hydrogen (secondary N) is 1. The van der Waals surface area contributed by atoms with Gasteiger partial charge in [-0.25, -0.2) is 0 Å². The van der Waals surface area contributed by atoms with Gasteiger partial charge in [-0.15, -0.1) is 0 Å². The number of hydrogen-bond donors (Lipinski definition) is 1. The molecule has 3 nitrogen and oxygen atoms in total. The molecule has 0 atom stereocenters. The number of benzene rings is 1. The van der Waals surface area contributed by atoms with Gasteiger partial charge in [0.2, 0.25) is 0 Å². The predicted octanol–water partition coefficient (Wildman–Crippen LogP) is 3.33. The van der Waals surface area contributed by atoms with Crippen LogP contribution in [0.2, 0.25) is 0 Å². The van der Waals surface area contributed by atoms with Crippen LogP contribution in [0.5, 0.6) is 11.5 Å². The van der Waals surface area contributed by atoms with Crippen molar-refractivity contribution in [1.29, 1.82) is 0 Å². The Morgan fingerprint density at radius 3 is 2.74 bits per heavy atom. The summed E-state index contributed by atoms with van der Waals surface area (Å²) in [5.74, 6) is 2.87. The lowest BCUT2D eigenvalue weighted by Crippen LogP contribution is -2.15. The van der Waals surface area contributed by atoms with Gasteiger partial charge in [-0.1, -0.05) is 6.07 Å². The molecule has 0 saturated heterocycles. The summed E-state index contributed by atoms with van der Waals surface area (Å²) in [5, 5.41) is 3.46. The zero-order valence-electron chi connectivity index (χ0n) is 12.2. The molecule has 0 aromatic heterocycles. The summed E-state index contributed by atoms with van der Waals surface area (Å²) in [6.07, 6.45) is 4.66. The van der Waals surface area contributed by atoms with E-state index < -0.39 is 0 Å². The van der Waals surface area contributed by atoms with Gasteiger partial charge in [0.15, 0.2) is 11.5 Å². The van der Waals surface area contributed by atoms with Crippen molar-refractivity contribution in [2.75, 3.05) is 32.3 Å². The van der Waals surface area contributed by atoms with Crippen LogP contribution in [0.4, 0.5) is 0 Å². The van der Waals surface area contributed by atoms with Gasteiger partial charge in [-0.05, 0) is 56.0 Å².